The van der Waals surface area contributed by atoms with Gasteiger partial charge in [0, 0.05) is 6.92 Å². The summed E-state index contributed by atoms with van der Waals surface area (Å²) in [5.74, 6) is -2.29. The Labute approximate surface area is 291 Å². The van der Waals surface area contributed by atoms with Crippen molar-refractivity contribution < 1.29 is 59.6 Å². The summed E-state index contributed by atoms with van der Waals surface area (Å²) in [6, 6.07) is -1.49. The third-order valence-corrected chi connectivity index (χ3v) is 8.80. The predicted molar refractivity (Wildman–Crippen MR) is 172 cm³/mol. The van der Waals surface area contributed by atoms with Crippen LogP contribution in [0.3, 0.4) is 0 Å². The van der Waals surface area contributed by atoms with Gasteiger partial charge >= 0.3 is 108 Å². The van der Waals surface area contributed by atoms with Gasteiger partial charge in [0.05, 0.1) is 6.61 Å². The monoisotopic (exact) mass is 673 g/mol. The minimum atomic E-state index is -2.44. The summed E-state index contributed by atoms with van der Waals surface area (Å²) in [6.07, 6.45) is 8.01. The molecule has 1 fully saturated rings. The number of hydrogen-bond acceptors (Lipinski definition) is 12. The molecule has 1 aliphatic heterocycles. The molecule has 0 aromatic carbocycles. The third-order valence-electron chi connectivity index (χ3n) is 8.09. The van der Waals surface area contributed by atoms with E-state index in [4.69, 9.17) is 19.7 Å². The summed E-state index contributed by atoms with van der Waals surface area (Å²) < 4.78 is 11.3. The summed E-state index contributed by atoms with van der Waals surface area (Å²) in [4.78, 5) is 33.6. The summed E-state index contributed by atoms with van der Waals surface area (Å²) in [7, 11) is 0. The van der Waals surface area contributed by atoms with E-state index in [1.165, 1.54) is 134 Å². The molecule has 1 rings (SSSR count). The molecule has 0 saturated carbocycles. The van der Waals surface area contributed by atoms with Crippen molar-refractivity contribution in [3.05, 3.63) is 0 Å². The first-order valence-electron chi connectivity index (χ1n) is 17.2. The summed E-state index contributed by atoms with van der Waals surface area (Å²) >= 11 is 1.41. The Hall–Kier alpha value is -0.710. The SMILES string of the molecule is CC(=O)N[C@H]1C(OC(=O)[C@@H](O)[C@H](O)[C@@H](O)[C@H](O)C=O)O[C@H](CO)[C@@H](O)[C@@H]1O.CCCCCCCCCCCCCCCCC[CH2][Na]. The Kier molecular flexibility index (Phi) is 27.7. The second kappa shape index (κ2) is 28.2. The normalized spacial score (nSPS) is 23.8. The number of hydrogen-bond donors (Lipinski definition) is 8. The average Bonchev–Trinajstić information content (AvgIpc) is 3.04. The van der Waals surface area contributed by atoms with Crippen LogP contribution in [0, 0.1) is 0 Å². The molecule has 8 N–H and O–H groups in total. The van der Waals surface area contributed by atoms with Crippen molar-refractivity contribution in [1.29, 1.82) is 0 Å². The van der Waals surface area contributed by atoms with Crippen LogP contribution in [0.2, 0.25) is 3.67 Å². The quantitative estimate of drug-likeness (QED) is 0.0311. The molecule has 0 aromatic rings. The molecule has 46 heavy (non-hydrogen) atoms. The predicted octanol–water partition coefficient (Wildman–Crippen LogP) is 0.951. The number of rotatable bonds is 24. The second-order valence-corrected chi connectivity index (χ2v) is 13.2. The van der Waals surface area contributed by atoms with E-state index >= 15 is 0 Å². The molecule has 1 aliphatic rings. The number of nitrogens with one attached hydrogen (secondary N) is 1. The van der Waals surface area contributed by atoms with Gasteiger partial charge in [-0.3, -0.25) is 4.79 Å². The van der Waals surface area contributed by atoms with Crippen LogP contribution in [0.15, 0.2) is 0 Å². The number of carbonyl (C=O) groups is 3. The summed E-state index contributed by atoms with van der Waals surface area (Å²) in [5, 5.41) is 69.1. The molecule has 9 atom stereocenters. The molecule has 0 aromatic heterocycles. The fraction of sp³-hybridized carbons (Fsp3) is 0.906. The molecular formula is C32H60NNaO12. The molecule has 1 amide bonds. The Morgan fingerprint density at radius 1 is 0.804 bits per heavy atom. The molecule has 0 bridgehead atoms. The molecule has 0 spiro atoms. The molecule has 1 heterocycles. The first kappa shape index (κ1) is 45.3. The third kappa shape index (κ3) is 19.3. The van der Waals surface area contributed by atoms with Gasteiger partial charge in [0.1, 0.15) is 42.7 Å². The van der Waals surface area contributed by atoms with E-state index in [0.29, 0.717) is 0 Å². The van der Waals surface area contributed by atoms with Crippen LogP contribution in [0.4, 0.5) is 0 Å². The van der Waals surface area contributed by atoms with Gasteiger partial charge in [-0.1, -0.05) is 39.0 Å². The van der Waals surface area contributed by atoms with Crippen LogP contribution in [0.1, 0.15) is 117 Å². The maximum absolute atomic E-state index is 12.0. The molecule has 0 aliphatic carbocycles. The van der Waals surface area contributed by atoms with E-state index in [0.717, 1.165) is 6.92 Å². The van der Waals surface area contributed by atoms with Gasteiger partial charge in [0.2, 0.25) is 12.2 Å². The molecular weight excluding hydrogens is 613 g/mol. The molecule has 13 nitrogen and oxygen atoms in total. The number of aliphatic hydroxyl groups excluding tert-OH is 7. The Morgan fingerprint density at radius 2 is 1.26 bits per heavy atom. The Bertz CT molecular complexity index is 778. The maximum atomic E-state index is 12.0. The van der Waals surface area contributed by atoms with Gasteiger partial charge in [-0.15, -0.1) is 0 Å². The first-order chi connectivity index (χ1) is 22.0. The average molecular weight is 674 g/mol. The van der Waals surface area contributed by atoms with Crippen LogP contribution >= 0.6 is 0 Å². The number of unbranched alkanes of at least 4 members (excludes halogenated alkanes) is 15. The van der Waals surface area contributed by atoms with Gasteiger partial charge in [-0.25, -0.2) is 4.79 Å². The summed E-state index contributed by atoms with van der Waals surface area (Å²) in [6.45, 7) is 2.58. The Morgan fingerprint density at radius 3 is 1.65 bits per heavy atom. The molecule has 14 heteroatoms. The van der Waals surface area contributed by atoms with Crippen molar-refractivity contribution in [2.24, 2.45) is 0 Å². The van der Waals surface area contributed by atoms with Crippen molar-refractivity contribution >= 4 is 46.1 Å². The van der Waals surface area contributed by atoms with Crippen molar-refractivity contribution in [2.75, 3.05) is 6.61 Å². The van der Waals surface area contributed by atoms with Crippen molar-refractivity contribution in [2.45, 2.75) is 175 Å². The number of aldehydes is 1. The minimum absolute atomic E-state index is 0.132. The molecule has 0 radical (unpaired) electrons. The van der Waals surface area contributed by atoms with Gasteiger partial charge < -0.3 is 55.3 Å². The van der Waals surface area contributed by atoms with Crippen LogP contribution in [-0.4, -0.2) is 144 Å². The number of aliphatic hydroxyl groups is 7. The summed E-state index contributed by atoms with van der Waals surface area (Å²) in [5.41, 5.74) is 0. The van der Waals surface area contributed by atoms with Crippen LogP contribution < -0.4 is 5.32 Å². The zero-order valence-corrected chi connectivity index (χ0v) is 30.2. The van der Waals surface area contributed by atoms with Gasteiger partial charge in [0.25, 0.3) is 0 Å². The van der Waals surface area contributed by atoms with E-state index in [2.05, 4.69) is 12.2 Å². The van der Waals surface area contributed by atoms with E-state index in [1.807, 2.05) is 0 Å². The second-order valence-electron chi connectivity index (χ2n) is 12.2. The topological polar surface area (TPSA) is 223 Å². The van der Waals surface area contributed by atoms with Gasteiger partial charge in [-0.2, -0.15) is 0 Å². The fourth-order valence-electron chi connectivity index (χ4n) is 5.16. The van der Waals surface area contributed by atoms with E-state index in [-0.39, 0.29) is 6.29 Å². The fourth-order valence-corrected chi connectivity index (χ4v) is 5.66. The van der Waals surface area contributed by atoms with Crippen molar-refractivity contribution in [3.63, 3.8) is 0 Å². The van der Waals surface area contributed by atoms with Gasteiger partial charge in [0.15, 0.2) is 12.4 Å². The number of ether oxygens (including phenoxy) is 2. The number of carbonyl (C=O) groups excluding carboxylic acids is 3. The first-order valence-corrected chi connectivity index (χ1v) is 18.7. The van der Waals surface area contributed by atoms with Crippen LogP contribution in [0.5, 0.6) is 0 Å². The van der Waals surface area contributed by atoms with Crippen molar-refractivity contribution in [1.82, 2.24) is 5.32 Å². The molecule has 1 saturated heterocycles. The van der Waals surface area contributed by atoms with Crippen LogP contribution in [-0.2, 0) is 23.9 Å². The Balaban J connectivity index is 0.000000939. The molecule has 266 valence electrons. The zero-order valence-electron chi connectivity index (χ0n) is 28.2. The number of esters is 1. The molecule has 1 unspecified atom stereocenters. The van der Waals surface area contributed by atoms with Crippen molar-refractivity contribution in [3.8, 4) is 0 Å². The zero-order chi connectivity index (χ0) is 34.9. The van der Waals surface area contributed by atoms with E-state index in [1.54, 1.807) is 0 Å². The van der Waals surface area contributed by atoms with Crippen LogP contribution in [0.25, 0.3) is 0 Å². The van der Waals surface area contributed by atoms with E-state index < -0.39 is 73.5 Å². The van der Waals surface area contributed by atoms with Gasteiger partial charge in [-0.05, 0) is 0 Å². The number of amides is 1. The standard InChI is InChI=1S/C18H37.C14H23NO12.Na/c1-3-5-7-9-11-13-15-17-18-16-14-12-10-8-6-4-2;1-4(18)15-7-10(22)9(21)6(3-17)26-14(7)27-13(25)12(24)11(23)8(20)5(19)2-16;/h1,3-18H2,2H3;2,5-12,14,17,19-24H,3H2,1H3,(H,15,18);/t;5-,6-,7-,8+,9-,10-,11-,12+,14?;/m.1./s1. The van der Waals surface area contributed by atoms with E-state index in [9.17, 15) is 39.9 Å².